The third-order valence-corrected chi connectivity index (χ3v) is 6.57. The Morgan fingerprint density at radius 2 is 2.00 bits per heavy atom. The average Bonchev–Trinajstić information content (AvgIpc) is 3.34. The van der Waals surface area contributed by atoms with Gasteiger partial charge in [0.2, 0.25) is 0 Å². The number of likely N-dealkylation sites (tertiary alicyclic amines) is 1. The molecule has 0 bridgehead atoms. The molecule has 1 N–H and O–H groups in total. The van der Waals surface area contributed by atoms with Gasteiger partial charge < -0.3 is 19.7 Å². The topological polar surface area (TPSA) is 72.4 Å². The van der Waals surface area contributed by atoms with Gasteiger partial charge in [-0.05, 0) is 50.2 Å². The molecule has 4 aromatic rings. The molecule has 1 aliphatic rings. The second-order valence-corrected chi connectivity index (χ2v) is 9.16. The number of thiazole rings is 1. The standard InChI is InChI=1S/C24H24ClN5O2S/c1-30-9-7-18(8-10-30)32-22-4-2-3-20-23(22)24(27-14-26-20)29-16-5-6-21(19(25)11-16)31-12-17-13-33-15-28-17/h2-6,11,13-15,18H,7-10,12H2,1H3,(H,26,27,29). The molecular formula is C24H24ClN5O2S. The van der Waals surface area contributed by atoms with E-state index in [9.17, 15) is 0 Å². The molecule has 1 saturated heterocycles. The Morgan fingerprint density at radius 3 is 2.79 bits per heavy atom. The lowest BCUT2D eigenvalue weighted by molar-refractivity contribution is 0.116. The Bertz CT molecular complexity index is 1220. The van der Waals surface area contributed by atoms with Crippen LogP contribution >= 0.6 is 22.9 Å². The van der Waals surface area contributed by atoms with E-state index in [1.807, 2.05) is 41.8 Å². The van der Waals surface area contributed by atoms with Crippen LogP contribution in [0.4, 0.5) is 11.5 Å². The van der Waals surface area contributed by atoms with E-state index in [1.54, 1.807) is 11.8 Å². The van der Waals surface area contributed by atoms with Gasteiger partial charge >= 0.3 is 0 Å². The largest absolute Gasteiger partial charge is 0.489 e. The van der Waals surface area contributed by atoms with Crippen LogP contribution in [-0.2, 0) is 6.61 Å². The van der Waals surface area contributed by atoms with Crippen LogP contribution in [0.15, 0.2) is 53.6 Å². The molecule has 1 aliphatic heterocycles. The van der Waals surface area contributed by atoms with Crippen molar-refractivity contribution in [3.63, 3.8) is 0 Å². The summed E-state index contributed by atoms with van der Waals surface area (Å²) in [6, 6.07) is 11.5. The van der Waals surface area contributed by atoms with E-state index in [1.165, 1.54) is 11.3 Å². The van der Waals surface area contributed by atoms with Crippen LogP contribution in [0, 0.1) is 0 Å². The summed E-state index contributed by atoms with van der Waals surface area (Å²) in [6.45, 7) is 2.45. The summed E-state index contributed by atoms with van der Waals surface area (Å²) in [7, 11) is 2.14. The number of aromatic nitrogens is 3. The van der Waals surface area contributed by atoms with Gasteiger partial charge in [-0.25, -0.2) is 15.0 Å². The molecule has 170 valence electrons. The van der Waals surface area contributed by atoms with Crippen LogP contribution < -0.4 is 14.8 Å². The van der Waals surface area contributed by atoms with E-state index in [-0.39, 0.29) is 6.10 Å². The number of fused-ring (bicyclic) bond motifs is 1. The lowest BCUT2D eigenvalue weighted by atomic mass is 10.1. The minimum absolute atomic E-state index is 0.184. The van der Waals surface area contributed by atoms with Crippen molar-refractivity contribution in [2.24, 2.45) is 0 Å². The monoisotopic (exact) mass is 481 g/mol. The average molecular weight is 482 g/mol. The Kier molecular flexibility index (Phi) is 6.57. The second kappa shape index (κ2) is 9.91. The molecule has 9 heteroatoms. The van der Waals surface area contributed by atoms with Crippen molar-refractivity contribution in [2.75, 3.05) is 25.5 Å². The summed E-state index contributed by atoms with van der Waals surface area (Å²) >= 11 is 8.02. The Balaban J connectivity index is 1.36. The number of ether oxygens (including phenoxy) is 2. The molecule has 0 spiro atoms. The number of rotatable bonds is 7. The van der Waals surface area contributed by atoms with Gasteiger partial charge in [-0.3, -0.25) is 0 Å². The number of nitrogens with zero attached hydrogens (tertiary/aromatic N) is 4. The summed E-state index contributed by atoms with van der Waals surface area (Å²) in [5, 5.41) is 6.70. The molecule has 0 aliphatic carbocycles. The number of nitrogens with one attached hydrogen (secondary N) is 1. The first-order chi connectivity index (χ1) is 16.2. The fourth-order valence-electron chi connectivity index (χ4n) is 3.85. The predicted molar refractivity (Wildman–Crippen MR) is 132 cm³/mol. The quantitative estimate of drug-likeness (QED) is 0.371. The zero-order chi connectivity index (χ0) is 22.6. The smallest absolute Gasteiger partial charge is 0.145 e. The molecule has 7 nitrogen and oxygen atoms in total. The first-order valence-electron chi connectivity index (χ1n) is 10.8. The fourth-order valence-corrected chi connectivity index (χ4v) is 4.62. The molecule has 2 aromatic heterocycles. The van der Waals surface area contributed by atoms with Gasteiger partial charge in [-0.1, -0.05) is 17.7 Å². The van der Waals surface area contributed by atoms with E-state index in [2.05, 4.69) is 32.2 Å². The van der Waals surface area contributed by atoms with E-state index in [4.69, 9.17) is 21.1 Å². The lowest BCUT2D eigenvalue weighted by Gasteiger charge is -2.29. The van der Waals surface area contributed by atoms with Gasteiger partial charge in [0.05, 0.1) is 27.1 Å². The van der Waals surface area contributed by atoms with Crippen molar-refractivity contribution in [3.8, 4) is 11.5 Å². The Hall–Kier alpha value is -2.94. The molecule has 5 rings (SSSR count). The van der Waals surface area contributed by atoms with Gasteiger partial charge in [-0.2, -0.15) is 0 Å². The molecule has 0 unspecified atom stereocenters. The maximum absolute atomic E-state index is 6.48. The first-order valence-corrected chi connectivity index (χ1v) is 12.1. The number of benzene rings is 2. The van der Waals surface area contributed by atoms with E-state index >= 15 is 0 Å². The molecule has 0 atom stereocenters. The molecule has 33 heavy (non-hydrogen) atoms. The molecule has 0 radical (unpaired) electrons. The minimum atomic E-state index is 0.184. The number of piperidine rings is 1. The first kappa shape index (κ1) is 21.9. The Morgan fingerprint density at radius 1 is 1.12 bits per heavy atom. The molecule has 2 aromatic carbocycles. The van der Waals surface area contributed by atoms with Crippen molar-refractivity contribution in [1.82, 2.24) is 19.9 Å². The van der Waals surface area contributed by atoms with Crippen LogP contribution in [0.25, 0.3) is 10.9 Å². The highest BCUT2D eigenvalue weighted by Gasteiger charge is 2.20. The van der Waals surface area contributed by atoms with Crippen LogP contribution in [0.3, 0.4) is 0 Å². The molecule has 3 heterocycles. The highest BCUT2D eigenvalue weighted by atomic mass is 35.5. The Labute approximate surface area is 201 Å². The summed E-state index contributed by atoms with van der Waals surface area (Å²) in [4.78, 5) is 15.5. The minimum Gasteiger partial charge on any atom is -0.489 e. The molecular weight excluding hydrogens is 458 g/mol. The van der Waals surface area contributed by atoms with Crippen molar-refractivity contribution in [1.29, 1.82) is 0 Å². The lowest BCUT2D eigenvalue weighted by Crippen LogP contribution is -2.35. The summed E-state index contributed by atoms with van der Waals surface area (Å²) in [6.07, 6.45) is 3.74. The molecule has 0 saturated carbocycles. The van der Waals surface area contributed by atoms with E-state index in [0.29, 0.717) is 23.2 Å². The van der Waals surface area contributed by atoms with Crippen molar-refractivity contribution < 1.29 is 9.47 Å². The van der Waals surface area contributed by atoms with Crippen molar-refractivity contribution in [2.45, 2.75) is 25.6 Å². The van der Waals surface area contributed by atoms with Gasteiger partial charge in [0.15, 0.2) is 0 Å². The zero-order valence-corrected chi connectivity index (χ0v) is 19.8. The maximum Gasteiger partial charge on any atom is 0.145 e. The SMILES string of the molecule is CN1CCC(Oc2cccc3ncnc(Nc4ccc(OCc5cscn5)c(Cl)c4)c23)CC1. The normalized spacial score (nSPS) is 15.0. The fraction of sp³-hybridized carbons (Fsp3) is 0.292. The molecule has 1 fully saturated rings. The zero-order valence-electron chi connectivity index (χ0n) is 18.2. The number of hydrogen-bond acceptors (Lipinski definition) is 8. The summed E-state index contributed by atoms with van der Waals surface area (Å²) in [5.74, 6) is 2.07. The van der Waals surface area contributed by atoms with Crippen LogP contribution in [0.1, 0.15) is 18.5 Å². The van der Waals surface area contributed by atoms with E-state index < -0.39 is 0 Å². The van der Waals surface area contributed by atoms with Gasteiger partial charge in [0.25, 0.3) is 0 Å². The van der Waals surface area contributed by atoms with Crippen molar-refractivity contribution in [3.05, 3.63) is 64.3 Å². The number of halogens is 1. The van der Waals surface area contributed by atoms with Crippen LogP contribution in [0.2, 0.25) is 5.02 Å². The number of anilines is 2. The second-order valence-electron chi connectivity index (χ2n) is 8.03. The predicted octanol–water partition coefficient (Wildman–Crippen LogP) is 5.54. The summed E-state index contributed by atoms with van der Waals surface area (Å²) in [5.41, 5.74) is 4.29. The maximum atomic E-state index is 6.48. The van der Waals surface area contributed by atoms with Crippen LogP contribution in [-0.4, -0.2) is 46.1 Å². The van der Waals surface area contributed by atoms with Gasteiger partial charge in [0, 0.05) is 24.2 Å². The van der Waals surface area contributed by atoms with Gasteiger partial charge in [0.1, 0.15) is 36.4 Å². The van der Waals surface area contributed by atoms with Gasteiger partial charge in [-0.15, -0.1) is 11.3 Å². The van der Waals surface area contributed by atoms with Crippen molar-refractivity contribution >= 4 is 45.3 Å². The highest BCUT2D eigenvalue weighted by molar-refractivity contribution is 7.07. The summed E-state index contributed by atoms with van der Waals surface area (Å²) < 4.78 is 12.2. The highest BCUT2D eigenvalue weighted by Crippen LogP contribution is 2.35. The molecule has 0 amide bonds. The third kappa shape index (κ3) is 5.19. The van der Waals surface area contributed by atoms with Crippen LogP contribution in [0.5, 0.6) is 11.5 Å². The van der Waals surface area contributed by atoms with E-state index in [0.717, 1.165) is 54.0 Å². The third-order valence-electron chi connectivity index (χ3n) is 5.64. The number of hydrogen-bond donors (Lipinski definition) is 1.